The fraction of sp³-hybridized carbons (Fsp3) is 0.714. The second-order valence-corrected chi connectivity index (χ2v) is 5.55. The Labute approximate surface area is 119 Å². The van der Waals surface area contributed by atoms with Crippen molar-refractivity contribution < 1.29 is 9.84 Å². The van der Waals surface area contributed by atoms with Crippen molar-refractivity contribution in [2.24, 2.45) is 0 Å². The van der Waals surface area contributed by atoms with Gasteiger partial charge in [-0.25, -0.2) is 4.98 Å². The lowest BCUT2D eigenvalue weighted by atomic mass is 10.0. The van der Waals surface area contributed by atoms with Crippen LogP contribution in [0.4, 0.5) is 5.95 Å². The molecule has 0 bridgehead atoms. The van der Waals surface area contributed by atoms with E-state index >= 15 is 0 Å². The van der Waals surface area contributed by atoms with Gasteiger partial charge in [-0.3, -0.25) is 4.90 Å². The van der Waals surface area contributed by atoms with Crippen LogP contribution in [0.3, 0.4) is 0 Å². The topological polar surface area (TPSA) is 61.7 Å². The maximum absolute atomic E-state index is 9.63. The molecule has 2 fully saturated rings. The molecule has 110 valence electrons. The molecule has 2 saturated heterocycles. The van der Waals surface area contributed by atoms with E-state index in [-0.39, 0.29) is 6.10 Å². The molecule has 1 N–H and O–H groups in total. The van der Waals surface area contributed by atoms with Gasteiger partial charge in [0.05, 0.1) is 13.2 Å². The van der Waals surface area contributed by atoms with Gasteiger partial charge < -0.3 is 14.7 Å². The zero-order valence-electron chi connectivity index (χ0n) is 11.9. The number of piperidine rings is 1. The molecule has 2 aliphatic rings. The largest absolute Gasteiger partial charge is 0.481 e. The number of nitrogens with zero attached hydrogens (tertiary/aromatic N) is 4. The number of likely N-dealkylation sites (tertiary alicyclic amines) is 1. The number of hydrogen-bond acceptors (Lipinski definition) is 6. The van der Waals surface area contributed by atoms with E-state index in [1.807, 2.05) is 0 Å². The number of anilines is 1. The molecule has 0 radical (unpaired) electrons. The highest BCUT2D eigenvalue weighted by Crippen LogP contribution is 2.23. The Bertz CT molecular complexity index is 449. The van der Waals surface area contributed by atoms with Gasteiger partial charge in [-0.2, -0.15) is 4.98 Å². The molecular weight excluding hydrogens is 256 g/mol. The molecule has 3 heterocycles. The van der Waals surface area contributed by atoms with Gasteiger partial charge in [-0.15, -0.1) is 0 Å². The lowest BCUT2D eigenvalue weighted by Crippen LogP contribution is -2.44. The highest BCUT2D eigenvalue weighted by Gasteiger charge is 2.30. The van der Waals surface area contributed by atoms with Gasteiger partial charge in [0.25, 0.3) is 0 Å². The van der Waals surface area contributed by atoms with Gasteiger partial charge in [-0.1, -0.05) is 0 Å². The number of methoxy groups -OCH3 is 1. The number of aliphatic hydroxyl groups excluding tert-OH is 1. The minimum Gasteiger partial charge on any atom is -0.481 e. The summed E-state index contributed by atoms with van der Waals surface area (Å²) in [6, 6.07) is 2.36. The average molecular weight is 278 g/mol. The Hall–Kier alpha value is -1.40. The molecule has 20 heavy (non-hydrogen) atoms. The number of rotatable bonds is 3. The third-order valence-electron chi connectivity index (χ3n) is 4.28. The Morgan fingerprint density at radius 2 is 2.05 bits per heavy atom. The SMILES string of the molecule is COc1ccnc(N2CCC(N3CCC(O)C3)CC2)n1. The first-order valence-corrected chi connectivity index (χ1v) is 7.30. The number of hydrogen-bond donors (Lipinski definition) is 1. The molecule has 1 unspecified atom stereocenters. The molecule has 0 aliphatic carbocycles. The van der Waals surface area contributed by atoms with Crippen LogP contribution in [0.2, 0.25) is 0 Å². The van der Waals surface area contributed by atoms with Crippen LogP contribution in [0, 0.1) is 0 Å². The summed E-state index contributed by atoms with van der Waals surface area (Å²) in [4.78, 5) is 13.4. The molecule has 0 aromatic carbocycles. The Morgan fingerprint density at radius 3 is 2.70 bits per heavy atom. The number of β-amino-alcohol motifs (C(OH)–C–C–N with tert-alkyl or cyclic N) is 1. The summed E-state index contributed by atoms with van der Waals surface area (Å²) in [6.45, 7) is 3.79. The fourth-order valence-corrected chi connectivity index (χ4v) is 3.13. The van der Waals surface area contributed by atoms with Gasteiger partial charge in [0.1, 0.15) is 0 Å². The average Bonchev–Trinajstić information content (AvgIpc) is 2.94. The minimum absolute atomic E-state index is 0.130. The van der Waals surface area contributed by atoms with Crippen molar-refractivity contribution in [1.29, 1.82) is 0 Å². The summed E-state index contributed by atoms with van der Waals surface area (Å²) in [6.07, 6.45) is 4.74. The number of aliphatic hydroxyl groups is 1. The molecule has 1 aromatic rings. The second kappa shape index (κ2) is 5.93. The first-order valence-electron chi connectivity index (χ1n) is 7.30. The quantitative estimate of drug-likeness (QED) is 0.870. The van der Waals surface area contributed by atoms with Crippen LogP contribution in [-0.2, 0) is 0 Å². The molecule has 3 rings (SSSR count). The Balaban J connectivity index is 1.58. The van der Waals surface area contributed by atoms with E-state index < -0.39 is 0 Å². The van der Waals surface area contributed by atoms with Crippen molar-refractivity contribution in [2.75, 3.05) is 38.2 Å². The van der Waals surface area contributed by atoms with E-state index in [4.69, 9.17) is 4.74 Å². The molecule has 1 aromatic heterocycles. The van der Waals surface area contributed by atoms with Crippen molar-refractivity contribution in [3.05, 3.63) is 12.3 Å². The lowest BCUT2D eigenvalue weighted by molar-refractivity contribution is 0.148. The Kier molecular flexibility index (Phi) is 4.03. The maximum atomic E-state index is 9.63. The smallest absolute Gasteiger partial charge is 0.228 e. The van der Waals surface area contributed by atoms with Crippen LogP contribution in [0.15, 0.2) is 12.3 Å². The van der Waals surface area contributed by atoms with Crippen molar-refractivity contribution in [2.45, 2.75) is 31.4 Å². The predicted octanol–water partition coefficient (Wildman–Crippen LogP) is 0.521. The van der Waals surface area contributed by atoms with Crippen LogP contribution in [0.5, 0.6) is 5.88 Å². The van der Waals surface area contributed by atoms with E-state index in [1.54, 1.807) is 19.4 Å². The lowest BCUT2D eigenvalue weighted by Gasteiger charge is -2.36. The molecule has 0 spiro atoms. The zero-order chi connectivity index (χ0) is 13.9. The maximum Gasteiger partial charge on any atom is 0.228 e. The van der Waals surface area contributed by atoms with Crippen molar-refractivity contribution in [1.82, 2.24) is 14.9 Å². The third-order valence-corrected chi connectivity index (χ3v) is 4.28. The predicted molar refractivity (Wildman–Crippen MR) is 76.0 cm³/mol. The third kappa shape index (κ3) is 2.86. The van der Waals surface area contributed by atoms with Crippen LogP contribution in [-0.4, -0.2) is 65.4 Å². The first-order chi connectivity index (χ1) is 9.76. The molecular formula is C14H22N4O2. The number of aromatic nitrogens is 2. The summed E-state index contributed by atoms with van der Waals surface area (Å²) in [5, 5.41) is 9.63. The van der Waals surface area contributed by atoms with E-state index in [2.05, 4.69) is 19.8 Å². The van der Waals surface area contributed by atoms with E-state index in [0.717, 1.165) is 51.4 Å². The summed E-state index contributed by atoms with van der Waals surface area (Å²) >= 11 is 0. The molecule has 6 heteroatoms. The van der Waals surface area contributed by atoms with Crippen molar-refractivity contribution in [3.8, 4) is 5.88 Å². The highest BCUT2D eigenvalue weighted by molar-refractivity contribution is 5.32. The van der Waals surface area contributed by atoms with Gasteiger partial charge in [0, 0.05) is 44.5 Å². The summed E-state index contributed by atoms with van der Waals surface area (Å²) in [5.74, 6) is 1.36. The zero-order valence-corrected chi connectivity index (χ0v) is 11.9. The standard InChI is InChI=1S/C14H22N4O2/c1-20-13-2-6-15-14(16-13)17-7-3-11(4-8-17)18-9-5-12(19)10-18/h2,6,11-12,19H,3-5,7-10H2,1H3. The van der Waals surface area contributed by atoms with E-state index in [0.29, 0.717) is 11.9 Å². The molecule has 2 aliphatic heterocycles. The summed E-state index contributed by atoms with van der Waals surface area (Å²) in [7, 11) is 1.62. The van der Waals surface area contributed by atoms with Gasteiger partial charge in [-0.05, 0) is 19.3 Å². The van der Waals surface area contributed by atoms with Gasteiger partial charge >= 0.3 is 0 Å². The first kappa shape index (κ1) is 13.6. The number of ether oxygens (including phenoxy) is 1. The summed E-state index contributed by atoms with van der Waals surface area (Å²) in [5.41, 5.74) is 0. The van der Waals surface area contributed by atoms with Crippen LogP contribution in [0.25, 0.3) is 0 Å². The Morgan fingerprint density at radius 1 is 1.25 bits per heavy atom. The fourth-order valence-electron chi connectivity index (χ4n) is 3.13. The van der Waals surface area contributed by atoms with Crippen LogP contribution < -0.4 is 9.64 Å². The second-order valence-electron chi connectivity index (χ2n) is 5.55. The molecule has 0 saturated carbocycles. The van der Waals surface area contributed by atoms with Crippen LogP contribution >= 0.6 is 0 Å². The summed E-state index contributed by atoms with van der Waals surface area (Å²) < 4.78 is 5.15. The monoisotopic (exact) mass is 278 g/mol. The van der Waals surface area contributed by atoms with Crippen molar-refractivity contribution >= 4 is 5.95 Å². The molecule has 1 atom stereocenters. The normalized spacial score (nSPS) is 25.1. The van der Waals surface area contributed by atoms with E-state index in [9.17, 15) is 5.11 Å². The molecule has 6 nitrogen and oxygen atoms in total. The molecule has 0 amide bonds. The van der Waals surface area contributed by atoms with Crippen LogP contribution in [0.1, 0.15) is 19.3 Å². The minimum atomic E-state index is -0.130. The van der Waals surface area contributed by atoms with Gasteiger partial charge in [0.2, 0.25) is 11.8 Å². The van der Waals surface area contributed by atoms with E-state index in [1.165, 1.54) is 0 Å². The highest BCUT2D eigenvalue weighted by atomic mass is 16.5. The van der Waals surface area contributed by atoms with Crippen molar-refractivity contribution in [3.63, 3.8) is 0 Å². The van der Waals surface area contributed by atoms with Gasteiger partial charge in [0.15, 0.2) is 0 Å².